The molecule has 0 aromatic carbocycles. The van der Waals surface area contributed by atoms with Gasteiger partial charge in [-0.15, -0.1) is 0 Å². The fourth-order valence-corrected chi connectivity index (χ4v) is 5.21. The van der Waals surface area contributed by atoms with Crippen molar-refractivity contribution in [2.24, 2.45) is 5.92 Å². The number of carbonyl (C=O) groups is 2. The first kappa shape index (κ1) is 37.7. The molecular weight excluding hydrogens is 484 g/mol. The third-order valence-corrected chi connectivity index (χ3v) is 7.74. The summed E-state index contributed by atoms with van der Waals surface area (Å²) in [4.78, 5) is 23.0. The highest BCUT2D eigenvalue weighted by molar-refractivity contribution is 5.80. The lowest BCUT2D eigenvalue weighted by atomic mass is 10.0. The van der Waals surface area contributed by atoms with Crippen LogP contribution in [0.3, 0.4) is 0 Å². The summed E-state index contributed by atoms with van der Waals surface area (Å²) in [6.07, 6.45) is 38.6. The van der Waals surface area contributed by atoms with Gasteiger partial charge in [0.05, 0.1) is 18.9 Å². The van der Waals surface area contributed by atoms with Crippen molar-refractivity contribution in [3.05, 3.63) is 12.2 Å². The monoisotopic (exact) mass is 550 g/mol. The van der Waals surface area contributed by atoms with Crippen molar-refractivity contribution < 1.29 is 19.4 Å². The van der Waals surface area contributed by atoms with E-state index in [2.05, 4.69) is 6.92 Å². The van der Waals surface area contributed by atoms with Crippen LogP contribution in [0.2, 0.25) is 0 Å². The van der Waals surface area contributed by atoms with E-state index in [-0.39, 0.29) is 6.42 Å². The molecule has 0 aromatic rings. The summed E-state index contributed by atoms with van der Waals surface area (Å²) in [6.45, 7) is 4.57. The van der Waals surface area contributed by atoms with Crippen molar-refractivity contribution in [3.63, 3.8) is 0 Å². The number of aliphatic carboxylic acids is 1. The fraction of sp³-hybridized carbons (Fsp3) is 0.886. The maximum atomic E-state index is 12.0. The summed E-state index contributed by atoms with van der Waals surface area (Å²) in [7, 11) is 0. The third kappa shape index (κ3) is 29.5. The molecule has 0 radical (unpaired) electrons. The van der Waals surface area contributed by atoms with E-state index in [1.54, 1.807) is 6.08 Å². The molecule has 0 bridgehead atoms. The molecule has 230 valence electrons. The lowest BCUT2D eigenvalue weighted by Crippen LogP contribution is -2.19. The van der Waals surface area contributed by atoms with E-state index in [4.69, 9.17) is 9.84 Å². The number of allylic oxidation sites excluding steroid dienone is 1. The molecule has 0 amide bonds. The predicted molar refractivity (Wildman–Crippen MR) is 167 cm³/mol. The lowest BCUT2D eigenvalue weighted by molar-refractivity contribution is -0.151. The maximum Gasteiger partial charge on any atom is 0.313 e. The van der Waals surface area contributed by atoms with Crippen LogP contribution in [0.1, 0.15) is 187 Å². The second-order valence-corrected chi connectivity index (χ2v) is 11.7. The molecule has 0 spiro atoms. The average Bonchev–Trinajstić information content (AvgIpc) is 2.92. The van der Waals surface area contributed by atoms with Gasteiger partial charge < -0.3 is 9.84 Å². The molecule has 0 aliphatic heterocycles. The standard InChI is InChI=1S/C35H66O4/c1-3-5-6-7-8-9-10-11-12-13-14-15-16-17-18-19-20-21-22-23-24-25-26-27-28-29-30-33(32-34(36)37)35(38)39-31-4-2/h29-30,33H,3-28,31-32H2,1-2H3,(H,36,37)/b30-29+. The Labute approximate surface area is 243 Å². The summed E-state index contributed by atoms with van der Waals surface area (Å²) in [5.41, 5.74) is 0. The molecule has 0 fully saturated rings. The van der Waals surface area contributed by atoms with E-state index in [1.807, 2.05) is 13.0 Å². The second kappa shape index (κ2) is 31.2. The zero-order valence-corrected chi connectivity index (χ0v) is 26.2. The fourth-order valence-electron chi connectivity index (χ4n) is 5.21. The third-order valence-electron chi connectivity index (χ3n) is 7.74. The number of hydrogen-bond acceptors (Lipinski definition) is 3. The summed E-state index contributed by atoms with van der Waals surface area (Å²) >= 11 is 0. The van der Waals surface area contributed by atoms with Crippen LogP contribution in [0.5, 0.6) is 0 Å². The summed E-state index contributed by atoms with van der Waals surface area (Å²) < 4.78 is 5.11. The van der Waals surface area contributed by atoms with Crippen LogP contribution in [0, 0.1) is 5.92 Å². The minimum atomic E-state index is -0.965. The predicted octanol–water partition coefficient (Wildman–Crippen LogP) is 11.4. The summed E-state index contributed by atoms with van der Waals surface area (Å²) in [6, 6.07) is 0. The van der Waals surface area contributed by atoms with Crippen molar-refractivity contribution in [2.45, 2.75) is 187 Å². The van der Waals surface area contributed by atoms with Crippen molar-refractivity contribution in [1.82, 2.24) is 0 Å². The largest absolute Gasteiger partial charge is 0.481 e. The van der Waals surface area contributed by atoms with E-state index in [0.717, 1.165) is 19.3 Å². The molecule has 0 aliphatic rings. The maximum absolute atomic E-state index is 12.0. The highest BCUT2D eigenvalue weighted by Gasteiger charge is 2.20. The first-order valence-corrected chi connectivity index (χ1v) is 17.2. The lowest BCUT2D eigenvalue weighted by Gasteiger charge is -2.09. The Bertz CT molecular complexity index is 557. The van der Waals surface area contributed by atoms with Crippen molar-refractivity contribution in [1.29, 1.82) is 0 Å². The number of hydrogen-bond donors (Lipinski definition) is 1. The Morgan fingerprint density at radius 2 is 0.923 bits per heavy atom. The molecule has 39 heavy (non-hydrogen) atoms. The molecule has 4 heteroatoms. The van der Waals surface area contributed by atoms with Gasteiger partial charge in [0, 0.05) is 0 Å². The highest BCUT2D eigenvalue weighted by atomic mass is 16.5. The molecule has 0 aliphatic carbocycles. The van der Waals surface area contributed by atoms with Gasteiger partial charge in [-0.1, -0.05) is 174 Å². The van der Waals surface area contributed by atoms with Gasteiger partial charge in [-0.2, -0.15) is 0 Å². The van der Waals surface area contributed by atoms with Gasteiger partial charge in [-0.3, -0.25) is 9.59 Å². The van der Waals surface area contributed by atoms with Crippen molar-refractivity contribution >= 4 is 11.9 Å². The molecule has 1 atom stereocenters. The molecule has 0 heterocycles. The summed E-state index contributed by atoms with van der Waals surface area (Å²) in [5.74, 6) is -2.05. The average molecular weight is 551 g/mol. The number of carboxylic acid groups (broad SMARTS) is 1. The van der Waals surface area contributed by atoms with Gasteiger partial charge in [0.25, 0.3) is 0 Å². The van der Waals surface area contributed by atoms with E-state index in [9.17, 15) is 9.59 Å². The van der Waals surface area contributed by atoms with Crippen LogP contribution in [0.15, 0.2) is 12.2 Å². The molecule has 1 N–H and O–H groups in total. The van der Waals surface area contributed by atoms with Gasteiger partial charge in [0.1, 0.15) is 0 Å². The van der Waals surface area contributed by atoms with Crippen molar-refractivity contribution in [3.8, 4) is 0 Å². The second-order valence-electron chi connectivity index (χ2n) is 11.7. The molecule has 0 rings (SSSR count). The zero-order chi connectivity index (χ0) is 28.7. The Morgan fingerprint density at radius 1 is 0.564 bits per heavy atom. The minimum absolute atomic E-state index is 0.196. The van der Waals surface area contributed by atoms with E-state index >= 15 is 0 Å². The SMILES string of the molecule is CCCCCCCCCCCCCCCCCCCCCCCCCC/C=C/C(CC(=O)O)C(=O)OCCC. The highest BCUT2D eigenvalue weighted by Crippen LogP contribution is 2.16. The minimum Gasteiger partial charge on any atom is -0.481 e. The first-order chi connectivity index (χ1) is 19.1. The quantitative estimate of drug-likeness (QED) is 0.0529. The number of carbonyl (C=O) groups excluding carboxylic acids is 1. The first-order valence-electron chi connectivity index (χ1n) is 17.2. The number of esters is 1. The normalized spacial score (nSPS) is 12.3. The molecule has 0 saturated heterocycles. The molecule has 0 saturated carbocycles. The smallest absolute Gasteiger partial charge is 0.313 e. The van der Waals surface area contributed by atoms with Crippen LogP contribution in [-0.4, -0.2) is 23.7 Å². The Balaban J connectivity index is 3.36. The van der Waals surface area contributed by atoms with Crippen LogP contribution < -0.4 is 0 Å². The molecular formula is C35H66O4. The van der Waals surface area contributed by atoms with E-state index in [1.165, 1.54) is 148 Å². The van der Waals surface area contributed by atoms with Gasteiger partial charge in [-0.25, -0.2) is 0 Å². The summed E-state index contributed by atoms with van der Waals surface area (Å²) in [5, 5.41) is 9.01. The topological polar surface area (TPSA) is 63.6 Å². The molecule has 0 aromatic heterocycles. The molecule has 4 nitrogen and oxygen atoms in total. The Kier molecular flexibility index (Phi) is 30.2. The number of ether oxygens (including phenoxy) is 1. The Morgan fingerprint density at radius 3 is 1.26 bits per heavy atom. The van der Waals surface area contributed by atoms with Crippen LogP contribution in [-0.2, 0) is 14.3 Å². The number of carboxylic acids is 1. The van der Waals surface area contributed by atoms with Gasteiger partial charge in [-0.05, 0) is 19.3 Å². The van der Waals surface area contributed by atoms with Gasteiger partial charge in [0.2, 0.25) is 0 Å². The van der Waals surface area contributed by atoms with Gasteiger partial charge in [0.15, 0.2) is 0 Å². The number of unbranched alkanes of at least 4 members (excludes halogenated alkanes) is 24. The van der Waals surface area contributed by atoms with Crippen LogP contribution in [0.25, 0.3) is 0 Å². The van der Waals surface area contributed by atoms with Crippen molar-refractivity contribution in [2.75, 3.05) is 6.61 Å². The van der Waals surface area contributed by atoms with E-state index in [0.29, 0.717) is 6.61 Å². The van der Waals surface area contributed by atoms with Crippen LogP contribution in [0.4, 0.5) is 0 Å². The van der Waals surface area contributed by atoms with E-state index < -0.39 is 17.9 Å². The Hall–Kier alpha value is -1.32. The van der Waals surface area contributed by atoms with Crippen LogP contribution >= 0.6 is 0 Å². The van der Waals surface area contributed by atoms with Gasteiger partial charge >= 0.3 is 11.9 Å². The number of rotatable bonds is 31. The molecule has 1 unspecified atom stereocenters. The zero-order valence-electron chi connectivity index (χ0n) is 26.2.